The third kappa shape index (κ3) is 3.13. The number of nitrogen functional groups attached to an aromatic ring is 1. The van der Waals surface area contributed by atoms with Gasteiger partial charge < -0.3 is 15.4 Å². The van der Waals surface area contributed by atoms with Crippen molar-refractivity contribution in [2.24, 2.45) is 0 Å². The van der Waals surface area contributed by atoms with E-state index in [0.717, 1.165) is 29.6 Å². The van der Waals surface area contributed by atoms with Crippen molar-refractivity contribution in [3.05, 3.63) is 12.0 Å². The van der Waals surface area contributed by atoms with Gasteiger partial charge in [-0.3, -0.25) is 0 Å². The Balaban J connectivity index is 1.86. The molecule has 0 bridgehead atoms. The van der Waals surface area contributed by atoms with Crippen LogP contribution in [0.4, 0.5) is 10.6 Å². The minimum atomic E-state index is -0.499. The molecule has 8 nitrogen and oxygen atoms in total. The van der Waals surface area contributed by atoms with E-state index in [1.165, 1.54) is 6.33 Å². The van der Waals surface area contributed by atoms with Crippen LogP contribution >= 0.6 is 0 Å². The molecule has 2 aromatic heterocycles. The molecule has 130 valence electrons. The molecule has 0 radical (unpaired) electrons. The standard InChI is InChI=1S/C16H24N6O2/c1-10-12-13(17)18-9-19-14(12)22(20-10)11-6-5-7-21(8-11)15(23)24-16(2,3)4/h9,11H,5-8H2,1-4H3,(H2,17,18,19). The number of hydrogen-bond acceptors (Lipinski definition) is 6. The molecule has 2 N–H and O–H groups in total. The summed E-state index contributed by atoms with van der Waals surface area (Å²) < 4.78 is 7.36. The first-order valence-corrected chi connectivity index (χ1v) is 8.19. The number of fused-ring (bicyclic) bond motifs is 1. The average Bonchev–Trinajstić information content (AvgIpc) is 2.84. The maximum atomic E-state index is 12.3. The molecular weight excluding hydrogens is 308 g/mol. The van der Waals surface area contributed by atoms with Crippen molar-refractivity contribution in [2.75, 3.05) is 18.8 Å². The molecule has 8 heteroatoms. The third-order valence-electron chi connectivity index (χ3n) is 4.09. The second-order valence-electron chi connectivity index (χ2n) is 7.21. The van der Waals surface area contributed by atoms with Gasteiger partial charge in [0, 0.05) is 13.1 Å². The molecule has 0 aromatic carbocycles. The van der Waals surface area contributed by atoms with Crippen molar-refractivity contribution in [1.29, 1.82) is 0 Å². The highest BCUT2D eigenvalue weighted by Gasteiger charge is 2.30. The predicted molar refractivity (Wildman–Crippen MR) is 90.6 cm³/mol. The number of amides is 1. The van der Waals surface area contributed by atoms with E-state index in [1.807, 2.05) is 32.4 Å². The molecular formula is C16H24N6O2. The number of carbonyl (C=O) groups excluding carboxylic acids is 1. The lowest BCUT2D eigenvalue weighted by Gasteiger charge is -2.34. The van der Waals surface area contributed by atoms with E-state index >= 15 is 0 Å². The quantitative estimate of drug-likeness (QED) is 0.860. The minimum Gasteiger partial charge on any atom is -0.444 e. The first kappa shape index (κ1) is 16.5. The van der Waals surface area contributed by atoms with Gasteiger partial charge in [0.1, 0.15) is 17.7 Å². The molecule has 3 rings (SSSR count). The van der Waals surface area contributed by atoms with Gasteiger partial charge in [-0.25, -0.2) is 19.4 Å². The Morgan fingerprint density at radius 1 is 1.38 bits per heavy atom. The summed E-state index contributed by atoms with van der Waals surface area (Å²) in [6, 6.07) is 0.0526. The maximum Gasteiger partial charge on any atom is 0.410 e. The Bertz CT molecular complexity index is 764. The van der Waals surface area contributed by atoms with Crippen molar-refractivity contribution in [2.45, 2.75) is 52.2 Å². The van der Waals surface area contributed by atoms with Crippen LogP contribution in [0.25, 0.3) is 11.0 Å². The summed E-state index contributed by atoms with van der Waals surface area (Å²) in [5, 5.41) is 5.38. The highest BCUT2D eigenvalue weighted by Crippen LogP contribution is 2.28. The van der Waals surface area contributed by atoms with Crippen molar-refractivity contribution >= 4 is 22.9 Å². The van der Waals surface area contributed by atoms with Crippen LogP contribution < -0.4 is 5.73 Å². The van der Waals surface area contributed by atoms with Crippen LogP contribution in [0.1, 0.15) is 45.3 Å². The normalized spacial score (nSPS) is 18.8. The summed E-state index contributed by atoms with van der Waals surface area (Å²) in [7, 11) is 0. The van der Waals surface area contributed by atoms with Crippen LogP contribution in [0, 0.1) is 6.92 Å². The van der Waals surface area contributed by atoms with Crippen molar-refractivity contribution < 1.29 is 9.53 Å². The van der Waals surface area contributed by atoms with Gasteiger partial charge in [0.2, 0.25) is 0 Å². The fourth-order valence-electron chi connectivity index (χ4n) is 3.07. The van der Waals surface area contributed by atoms with Gasteiger partial charge in [0.05, 0.1) is 17.1 Å². The van der Waals surface area contributed by atoms with Gasteiger partial charge in [-0.2, -0.15) is 5.10 Å². The number of aromatic nitrogens is 4. The number of nitrogens with two attached hydrogens (primary N) is 1. The van der Waals surface area contributed by atoms with Gasteiger partial charge in [0.15, 0.2) is 5.65 Å². The molecule has 1 amide bonds. The van der Waals surface area contributed by atoms with Crippen LogP contribution in [0.5, 0.6) is 0 Å². The molecule has 1 atom stereocenters. The van der Waals surface area contributed by atoms with Gasteiger partial charge in [-0.05, 0) is 40.5 Å². The highest BCUT2D eigenvalue weighted by molar-refractivity contribution is 5.87. The summed E-state index contributed by atoms with van der Waals surface area (Å²) in [6.45, 7) is 8.76. The van der Waals surface area contributed by atoms with Crippen LogP contribution in [0.2, 0.25) is 0 Å². The van der Waals surface area contributed by atoms with Gasteiger partial charge in [0.25, 0.3) is 0 Å². The molecule has 1 aliphatic rings. The van der Waals surface area contributed by atoms with Crippen molar-refractivity contribution in [1.82, 2.24) is 24.6 Å². The smallest absolute Gasteiger partial charge is 0.410 e. The number of ether oxygens (including phenoxy) is 1. The molecule has 1 aliphatic heterocycles. The molecule has 1 saturated heterocycles. The zero-order valence-electron chi connectivity index (χ0n) is 14.6. The van der Waals surface area contributed by atoms with E-state index in [9.17, 15) is 4.79 Å². The third-order valence-corrected chi connectivity index (χ3v) is 4.09. The molecule has 24 heavy (non-hydrogen) atoms. The van der Waals surface area contributed by atoms with Crippen LogP contribution in [0.15, 0.2) is 6.33 Å². The first-order chi connectivity index (χ1) is 11.3. The fraction of sp³-hybridized carbons (Fsp3) is 0.625. The van der Waals surface area contributed by atoms with E-state index < -0.39 is 5.60 Å². The number of nitrogens with zero attached hydrogens (tertiary/aromatic N) is 5. The van der Waals surface area contributed by atoms with E-state index in [4.69, 9.17) is 10.5 Å². The zero-order valence-corrected chi connectivity index (χ0v) is 14.6. The number of likely N-dealkylation sites (tertiary alicyclic amines) is 1. The molecule has 0 spiro atoms. The predicted octanol–water partition coefficient (Wildman–Crippen LogP) is 2.29. The molecule has 1 unspecified atom stereocenters. The lowest BCUT2D eigenvalue weighted by molar-refractivity contribution is 0.0169. The van der Waals surface area contributed by atoms with E-state index in [-0.39, 0.29) is 12.1 Å². The van der Waals surface area contributed by atoms with Crippen LogP contribution in [-0.4, -0.2) is 49.4 Å². The topological polar surface area (TPSA) is 99.2 Å². The second-order valence-corrected chi connectivity index (χ2v) is 7.21. The molecule has 3 heterocycles. The van der Waals surface area contributed by atoms with Crippen LogP contribution in [0.3, 0.4) is 0 Å². The SMILES string of the molecule is Cc1nn(C2CCCN(C(=O)OC(C)(C)C)C2)c2ncnc(N)c12. The maximum absolute atomic E-state index is 12.3. The number of piperidine rings is 1. The average molecular weight is 332 g/mol. The summed E-state index contributed by atoms with van der Waals surface area (Å²) in [5.74, 6) is 0.434. The number of carbonyl (C=O) groups is 1. The van der Waals surface area contributed by atoms with E-state index in [0.29, 0.717) is 18.9 Å². The largest absolute Gasteiger partial charge is 0.444 e. The summed E-state index contributed by atoms with van der Waals surface area (Å²) >= 11 is 0. The number of anilines is 1. The Hall–Kier alpha value is -2.38. The Kier molecular flexibility index (Phi) is 4.06. The molecule has 2 aromatic rings. The fourth-order valence-corrected chi connectivity index (χ4v) is 3.07. The summed E-state index contributed by atoms with van der Waals surface area (Å²) in [4.78, 5) is 22.5. The van der Waals surface area contributed by atoms with E-state index in [2.05, 4.69) is 15.1 Å². The van der Waals surface area contributed by atoms with Crippen molar-refractivity contribution in [3.8, 4) is 0 Å². The Labute approximate surface area is 141 Å². The zero-order chi connectivity index (χ0) is 17.5. The monoisotopic (exact) mass is 332 g/mol. The first-order valence-electron chi connectivity index (χ1n) is 8.19. The van der Waals surface area contributed by atoms with Gasteiger partial charge >= 0.3 is 6.09 Å². The highest BCUT2D eigenvalue weighted by atomic mass is 16.6. The molecule has 0 aliphatic carbocycles. The minimum absolute atomic E-state index is 0.0526. The van der Waals surface area contributed by atoms with Gasteiger partial charge in [-0.15, -0.1) is 0 Å². The van der Waals surface area contributed by atoms with Gasteiger partial charge in [-0.1, -0.05) is 0 Å². The number of aryl methyl sites for hydroxylation is 1. The lowest BCUT2D eigenvalue weighted by Crippen LogP contribution is -2.43. The lowest BCUT2D eigenvalue weighted by atomic mass is 10.1. The van der Waals surface area contributed by atoms with E-state index in [1.54, 1.807) is 4.90 Å². The number of rotatable bonds is 1. The summed E-state index contributed by atoms with van der Waals surface area (Å²) in [5.41, 5.74) is 6.98. The molecule has 1 fully saturated rings. The van der Waals surface area contributed by atoms with Crippen LogP contribution in [-0.2, 0) is 4.74 Å². The second kappa shape index (κ2) is 5.92. The number of hydrogen-bond donors (Lipinski definition) is 1. The Morgan fingerprint density at radius 2 is 2.12 bits per heavy atom. The Morgan fingerprint density at radius 3 is 2.83 bits per heavy atom. The molecule has 0 saturated carbocycles. The summed E-state index contributed by atoms with van der Waals surface area (Å²) in [6.07, 6.45) is 2.99. The van der Waals surface area contributed by atoms with Crippen molar-refractivity contribution in [3.63, 3.8) is 0 Å².